The second-order valence-corrected chi connectivity index (χ2v) is 9.65. The molecular formula is C28H25BrN2O5. The number of ketones is 1. The van der Waals surface area contributed by atoms with Crippen LogP contribution in [0.5, 0.6) is 5.75 Å². The molecular weight excluding hydrogens is 524 g/mol. The summed E-state index contributed by atoms with van der Waals surface area (Å²) in [6.07, 6.45) is 0.0139. The fourth-order valence-electron chi connectivity index (χ4n) is 4.46. The Kier molecular flexibility index (Phi) is 6.99. The third kappa shape index (κ3) is 4.77. The van der Waals surface area contributed by atoms with Crippen molar-refractivity contribution in [2.45, 2.75) is 20.3 Å². The summed E-state index contributed by atoms with van der Waals surface area (Å²) < 4.78 is 2.58. The van der Waals surface area contributed by atoms with Crippen LogP contribution in [0.2, 0.25) is 0 Å². The number of carbonyl (C=O) groups is 3. The summed E-state index contributed by atoms with van der Waals surface area (Å²) in [4.78, 5) is 37.9. The van der Waals surface area contributed by atoms with Crippen molar-refractivity contribution in [2.75, 3.05) is 6.54 Å². The minimum atomic E-state index is -1.29. The average molecular weight is 549 g/mol. The van der Waals surface area contributed by atoms with E-state index >= 15 is 0 Å². The molecule has 36 heavy (non-hydrogen) atoms. The van der Waals surface area contributed by atoms with Crippen LogP contribution in [0, 0.1) is 13.8 Å². The van der Waals surface area contributed by atoms with Crippen LogP contribution in [0.15, 0.2) is 59.1 Å². The number of carboxylic acids is 1. The molecule has 1 amide bonds. The molecule has 0 fully saturated rings. The zero-order valence-electron chi connectivity index (χ0n) is 20.1. The van der Waals surface area contributed by atoms with Gasteiger partial charge in [-0.1, -0.05) is 40.2 Å². The van der Waals surface area contributed by atoms with Crippen LogP contribution in [-0.2, 0) is 7.05 Å². The second-order valence-electron chi connectivity index (χ2n) is 8.74. The van der Waals surface area contributed by atoms with Crippen LogP contribution >= 0.6 is 15.9 Å². The molecule has 3 aromatic carbocycles. The number of halogens is 1. The van der Waals surface area contributed by atoms with Gasteiger partial charge in [-0.25, -0.2) is 4.79 Å². The molecule has 0 aliphatic carbocycles. The Morgan fingerprint density at radius 2 is 1.75 bits per heavy atom. The molecule has 0 atom stereocenters. The fraction of sp³-hybridized carbons (Fsp3) is 0.179. The third-order valence-corrected chi connectivity index (χ3v) is 6.63. The topological polar surface area (TPSA) is 109 Å². The van der Waals surface area contributed by atoms with Gasteiger partial charge in [-0.3, -0.25) is 9.59 Å². The van der Waals surface area contributed by atoms with E-state index < -0.39 is 5.97 Å². The van der Waals surface area contributed by atoms with Crippen molar-refractivity contribution < 1.29 is 24.6 Å². The van der Waals surface area contributed by atoms with Crippen molar-refractivity contribution in [3.05, 3.63) is 86.9 Å². The van der Waals surface area contributed by atoms with E-state index in [0.29, 0.717) is 27.7 Å². The van der Waals surface area contributed by atoms with Crippen molar-refractivity contribution in [3.8, 4) is 17.0 Å². The highest BCUT2D eigenvalue weighted by Crippen LogP contribution is 2.38. The van der Waals surface area contributed by atoms with Gasteiger partial charge in [0.05, 0.1) is 16.8 Å². The number of carboxylic acid groups (broad SMARTS) is 1. The first-order valence-electron chi connectivity index (χ1n) is 11.3. The van der Waals surface area contributed by atoms with Gasteiger partial charge in [0.2, 0.25) is 0 Å². The molecule has 4 rings (SSSR count). The van der Waals surface area contributed by atoms with E-state index in [9.17, 15) is 24.6 Å². The minimum Gasteiger partial charge on any atom is -0.507 e. The molecule has 0 bridgehead atoms. The molecule has 4 aromatic rings. The van der Waals surface area contributed by atoms with Crippen LogP contribution in [-0.4, -0.2) is 39.0 Å². The molecule has 0 unspecified atom stereocenters. The first-order valence-corrected chi connectivity index (χ1v) is 12.1. The number of rotatable bonds is 7. The Labute approximate surface area is 216 Å². The van der Waals surface area contributed by atoms with Crippen molar-refractivity contribution in [3.63, 3.8) is 0 Å². The van der Waals surface area contributed by atoms with Gasteiger partial charge in [0.15, 0.2) is 5.78 Å². The number of phenols is 1. The van der Waals surface area contributed by atoms with Gasteiger partial charge in [0.1, 0.15) is 11.3 Å². The average Bonchev–Trinajstić information content (AvgIpc) is 3.09. The van der Waals surface area contributed by atoms with Crippen LogP contribution in [0.1, 0.15) is 48.6 Å². The lowest BCUT2D eigenvalue weighted by Crippen LogP contribution is -2.26. The summed E-state index contributed by atoms with van der Waals surface area (Å²) >= 11 is 3.39. The lowest BCUT2D eigenvalue weighted by molar-refractivity contribution is 0.0693. The minimum absolute atomic E-state index is 0.0139. The monoisotopic (exact) mass is 548 g/mol. The summed E-state index contributed by atoms with van der Waals surface area (Å²) in [5.74, 6) is -2.19. The highest BCUT2D eigenvalue weighted by molar-refractivity contribution is 9.10. The number of Topliss-reactive ketones (excluding diaryl/α,β-unsaturated/α-hetero) is 1. The SMILES string of the molecule is Cc1cc(Br)cc(C(=O)NCCC(=O)c2c(-c3ccccc3C)n(C)c3cc(O)c(C(=O)O)cc23)c1. The number of nitrogens with one attached hydrogen (secondary N) is 1. The number of amides is 1. The van der Waals surface area contributed by atoms with Gasteiger partial charge in [-0.05, 0) is 49.2 Å². The van der Waals surface area contributed by atoms with Gasteiger partial charge in [-0.15, -0.1) is 0 Å². The number of hydrogen-bond acceptors (Lipinski definition) is 4. The molecule has 1 heterocycles. The van der Waals surface area contributed by atoms with Crippen LogP contribution in [0.3, 0.4) is 0 Å². The molecule has 3 N–H and O–H groups in total. The largest absolute Gasteiger partial charge is 0.507 e. The summed E-state index contributed by atoms with van der Waals surface area (Å²) in [6, 6.07) is 15.7. The lowest BCUT2D eigenvalue weighted by atomic mass is 9.96. The number of fused-ring (bicyclic) bond motifs is 1. The lowest BCUT2D eigenvalue weighted by Gasteiger charge is -2.11. The van der Waals surface area contributed by atoms with E-state index in [-0.39, 0.29) is 36.0 Å². The highest BCUT2D eigenvalue weighted by Gasteiger charge is 2.25. The Morgan fingerprint density at radius 3 is 2.42 bits per heavy atom. The Balaban J connectivity index is 1.73. The fourth-order valence-corrected chi connectivity index (χ4v) is 5.07. The van der Waals surface area contributed by atoms with Crippen LogP contribution in [0.4, 0.5) is 0 Å². The van der Waals surface area contributed by atoms with Gasteiger partial charge in [0.25, 0.3) is 5.91 Å². The molecule has 0 saturated heterocycles. The molecule has 0 radical (unpaired) electrons. The Bertz CT molecular complexity index is 1520. The molecule has 184 valence electrons. The maximum atomic E-state index is 13.6. The Morgan fingerprint density at radius 1 is 1.03 bits per heavy atom. The van der Waals surface area contributed by atoms with Gasteiger partial charge in [0, 0.05) is 47.1 Å². The zero-order chi connectivity index (χ0) is 26.1. The Hall–Kier alpha value is -3.91. The second kappa shape index (κ2) is 9.99. The first-order chi connectivity index (χ1) is 17.1. The van der Waals surface area contributed by atoms with E-state index in [2.05, 4.69) is 21.2 Å². The number of nitrogens with zero attached hydrogens (tertiary/aromatic N) is 1. The molecule has 1 aromatic heterocycles. The van der Waals surface area contributed by atoms with Crippen LogP contribution in [0.25, 0.3) is 22.2 Å². The molecule has 7 nitrogen and oxygen atoms in total. The zero-order valence-corrected chi connectivity index (χ0v) is 21.6. The van der Waals surface area contributed by atoms with E-state index in [0.717, 1.165) is 21.2 Å². The molecule has 0 aliphatic heterocycles. The predicted octanol–water partition coefficient (Wildman–Crippen LogP) is 5.63. The van der Waals surface area contributed by atoms with Crippen molar-refractivity contribution >= 4 is 44.5 Å². The number of aryl methyl sites for hydroxylation is 3. The normalized spacial score (nSPS) is 11.0. The van der Waals surface area contributed by atoms with Gasteiger partial charge < -0.3 is 20.1 Å². The van der Waals surface area contributed by atoms with Crippen molar-refractivity contribution in [2.24, 2.45) is 7.05 Å². The molecule has 8 heteroatoms. The van der Waals surface area contributed by atoms with E-state index in [4.69, 9.17) is 0 Å². The molecule has 0 saturated carbocycles. The maximum absolute atomic E-state index is 13.6. The predicted molar refractivity (Wildman–Crippen MR) is 142 cm³/mol. The summed E-state index contributed by atoms with van der Waals surface area (Å²) in [5, 5.41) is 23.1. The number of hydrogen-bond donors (Lipinski definition) is 3. The number of carbonyl (C=O) groups excluding carboxylic acids is 2. The number of aromatic carboxylic acids is 1. The smallest absolute Gasteiger partial charge is 0.339 e. The first kappa shape index (κ1) is 25.2. The highest BCUT2D eigenvalue weighted by atomic mass is 79.9. The molecule has 0 spiro atoms. The summed E-state index contributed by atoms with van der Waals surface area (Å²) in [7, 11) is 1.78. The van der Waals surface area contributed by atoms with Crippen LogP contribution < -0.4 is 5.32 Å². The standard InChI is InChI=1S/C28H25BrN2O5/c1-15-10-17(12-18(29)11-15)27(34)30-9-8-23(32)25-20-13-21(28(35)36)24(33)14-22(20)31(3)26(25)19-7-5-4-6-16(19)2/h4-7,10-14,33H,8-9H2,1-3H3,(H,30,34)(H,35,36). The number of aromatic nitrogens is 1. The van der Waals surface area contributed by atoms with E-state index in [1.54, 1.807) is 23.7 Å². The summed E-state index contributed by atoms with van der Waals surface area (Å²) in [6.45, 7) is 3.93. The molecule has 0 aliphatic rings. The van der Waals surface area contributed by atoms with Gasteiger partial charge in [-0.2, -0.15) is 0 Å². The third-order valence-electron chi connectivity index (χ3n) is 6.17. The van der Waals surface area contributed by atoms with Crippen molar-refractivity contribution in [1.82, 2.24) is 9.88 Å². The van der Waals surface area contributed by atoms with E-state index in [1.165, 1.54) is 12.1 Å². The summed E-state index contributed by atoms with van der Waals surface area (Å²) in [5.41, 5.74) is 4.43. The quantitative estimate of drug-likeness (QED) is 0.259. The van der Waals surface area contributed by atoms with E-state index in [1.807, 2.05) is 44.2 Å². The van der Waals surface area contributed by atoms with Crippen molar-refractivity contribution in [1.29, 1.82) is 0 Å². The number of benzene rings is 3. The van der Waals surface area contributed by atoms with Gasteiger partial charge >= 0.3 is 5.97 Å². The maximum Gasteiger partial charge on any atom is 0.339 e. The number of aromatic hydroxyl groups is 1.